The number of benzene rings is 3. The normalized spacial score (nSPS) is 12.9. The molecule has 1 radical (unpaired) electrons. The van der Waals surface area contributed by atoms with Crippen LogP contribution in [0.15, 0.2) is 78.0 Å². The average molecular weight is 570 g/mol. The second-order valence-electron chi connectivity index (χ2n) is 8.74. The van der Waals surface area contributed by atoms with E-state index in [4.69, 9.17) is 17.0 Å². The minimum absolute atomic E-state index is 0.341. The summed E-state index contributed by atoms with van der Waals surface area (Å²) in [6.45, 7) is 9.27. The van der Waals surface area contributed by atoms with Gasteiger partial charge in [-0.15, -0.1) is 69.4 Å². The van der Waals surface area contributed by atoms with E-state index in [0.29, 0.717) is 5.92 Å². The predicted octanol–water partition coefficient (Wildman–Crippen LogP) is 9.61. The monoisotopic (exact) mass is 567 g/mol. The third-order valence-electron chi connectivity index (χ3n) is 6.23. The summed E-state index contributed by atoms with van der Waals surface area (Å²) in [4.78, 5) is 0. The van der Waals surface area contributed by atoms with Crippen LogP contribution in [0.1, 0.15) is 49.3 Å². The van der Waals surface area contributed by atoms with Crippen LogP contribution in [0.5, 0.6) is 0 Å². The molecule has 0 heterocycles. The Bertz CT molecular complexity index is 1210. The number of allylic oxidation sites excluding steroid dienone is 1. The first-order chi connectivity index (χ1) is 16.0. The molecule has 0 fully saturated rings. The second-order valence-corrected chi connectivity index (χ2v) is 15.1. The van der Waals surface area contributed by atoms with Crippen LogP contribution in [-0.4, -0.2) is 8.80 Å². The van der Waals surface area contributed by atoms with Crippen LogP contribution in [-0.2, 0) is 27.3 Å². The first-order valence-electron chi connectivity index (χ1n) is 11.5. The molecule has 4 heteroatoms. The zero-order valence-corrected chi connectivity index (χ0v) is 24.9. The molecule has 0 spiro atoms. The van der Waals surface area contributed by atoms with Gasteiger partial charge < -0.3 is 0 Å². The van der Waals surface area contributed by atoms with Gasteiger partial charge >= 0.3 is 37.9 Å². The molecule has 0 amide bonds. The minimum atomic E-state index is -0.826. The van der Waals surface area contributed by atoms with E-state index in [2.05, 4.69) is 106 Å². The Hall–Kier alpha value is -1.05. The zero-order chi connectivity index (χ0) is 23.8. The van der Waals surface area contributed by atoms with E-state index < -0.39 is 20.8 Å². The molecule has 0 N–H and O–H groups in total. The maximum absolute atomic E-state index is 4.93. The van der Waals surface area contributed by atoms with Crippen LogP contribution in [0.2, 0.25) is 13.1 Å². The summed E-state index contributed by atoms with van der Waals surface area (Å²) in [6.07, 6.45) is 7.32. The molecule has 0 saturated heterocycles. The van der Waals surface area contributed by atoms with Gasteiger partial charge in [0.1, 0.15) is 0 Å². The van der Waals surface area contributed by atoms with Crippen LogP contribution < -0.4 is 0 Å². The molecule has 0 aliphatic heterocycles. The van der Waals surface area contributed by atoms with Crippen LogP contribution >= 0.6 is 17.0 Å². The third-order valence-corrected chi connectivity index (χ3v) is 7.74. The van der Waals surface area contributed by atoms with E-state index in [1.54, 1.807) is 0 Å². The maximum atomic E-state index is 4.93. The Balaban J connectivity index is 0.000000168. The van der Waals surface area contributed by atoms with Gasteiger partial charge in [-0.3, -0.25) is 0 Å². The average Bonchev–Trinajstić information content (AvgIpc) is 3.45. The Morgan fingerprint density at radius 1 is 1.00 bits per heavy atom. The molecule has 33 heavy (non-hydrogen) atoms. The van der Waals surface area contributed by atoms with Crippen LogP contribution in [0, 0.1) is 6.08 Å². The van der Waals surface area contributed by atoms with Gasteiger partial charge in [-0.2, -0.15) is 17.2 Å². The SMILES string of the molecule is CCCC(C)c1c[cH-]c2ccccc12.C[Si](C)C1=[C-]c2c(ccc3ccccc23)C1.[Cl][Zr+2][Cl]. The zero-order valence-electron chi connectivity index (χ0n) is 19.9. The molecule has 1 aliphatic rings. The van der Waals surface area contributed by atoms with Crippen molar-refractivity contribution in [2.45, 2.75) is 52.1 Å². The molecule has 0 saturated carbocycles. The van der Waals surface area contributed by atoms with Gasteiger partial charge in [-0.05, 0) is 0 Å². The van der Waals surface area contributed by atoms with E-state index in [9.17, 15) is 0 Å². The Morgan fingerprint density at radius 3 is 2.36 bits per heavy atom. The molecule has 0 bridgehead atoms. The van der Waals surface area contributed by atoms with Crippen molar-refractivity contribution >= 4 is 47.4 Å². The summed E-state index contributed by atoms with van der Waals surface area (Å²) in [7, 11) is 9.53. The number of hydrogen-bond donors (Lipinski definition) is 0. The van der Waals surface area contributed by atoms with E-state index in [1.807, 2.05) is 0 Å². The van der Waals surface area contributed by atoms with Gasteiger partial charge in [0.2, 0.25) is 0 Å². The van der Waals surface area contributed by atoms with Crippen LogP contribution in [0.4, 0.5) is 0 Å². The predicted molar refractivity (Wildman–Crippen MR) is 146 cm³/mol. The van der Waals surface area contributed by atoms with Crippen molar-refractivity contribution in [3.05, 3.63) is 101 Å². The first-order valence-corrected chi connectivity index (χ1v) is 20.4. The number of fused-ring (bicyclic) bond motifs is 4. The van der Waals surface area contributed by atoms with Crippen molar-refractivity contribution in [3.8, 4) is 0 Å². The van der Waals surface area contributed by atoms with E-state index in [-0.39, 0.29) is 8.80 Å². The standard InChI is InChI=1S/C15H14Si.C14H17.2ClH.Zr/c1-16(2)13-9-12-8-7-11-5-3-4-6-14(11)15(12)10-13;1-3-6-11(2)13-10-9-12-7-4-5-8-14(12)13;;;/h3-8H,9H2,1-2H3;4-5,7-11H,3,6H2,1-2H3;2*1H;/q2*-1;;;+4/p-2. The van der Waals surface area contributed by atoms with E-state index in [0.717, 1.165) is 6.42 Å². The third kappa shape index (κ3) is 6.76. The molecule has 169 valence electrons. The summed E-state index contributed by atoms with van der Waals surface area (Å²) < 4.78 is 0. The molecule has 0 nitrogen and oxygen atoms in total. The molecule has 1 atom stereocenters. The van der Waals surface area contributed by atoms with Crippen LogP contribution in [0.25, 0.3) is 21.5 Å². The summed E-state index contributed by atoms with van der Waals surface area (Å²) in [5, 5.41) is 7.05. The molecule has 4 aromatic rings. The molecular formula is C29H31Cl2SiZr. The summed E-state index contributed by atoms with van der Waals surface area (Å²) in [5.74, 6) is 0.694. The second kappa shape index (κ2) is 13.1. The fourth-order valence-corrected chi connectivity index (χ4v) is 5.41. The van der Waals surface area contributed by atoms with Gasteiger partial charge in [0.15, 0.2) is 0 Å². The van der Waals surface area contributed by atoms with E-state index >= 15 is 0 Å². The number of rotatable bonds is 4. The van der Waals surface area contributed by atoms with Crippen molar-refractivity contribution in [3.63, 3.8) is 0 Å². The Kier molecular flexibility index (Phi) is 10.6. The molecule has 0 aromatic heterocycles. The van der Waals surface area contributed by atoms with Crippen molar-refractivity contribution in [1.82, 2.24) is 0 Å². The quantitative estimate of drug-likeness (QED) is 0.170. The van der Waals surface area contributed by atoms with Crippen molar-refractivity contribution in [2.24, 2.45) is 0 Å². The summed E-state index contributed by atoms with van der Waals surface area (Å²) in [5.41, 5.74) is 4.32. The molecule has 5 rings (SSSR count). The van der Waals surface area contributed by atoms with Gasteiger partial charge in [-0.1, -0.05) is 87.8 Å². The van der Waals surface area contributed by atoms with Gasteiger partial charge in [-0.25, -0.2) is 0 Å². The van der Waals surface area contributed by atoms with Gasteiger partial charge in [0, 0.05) is 0 Å². The Labute approximate surface area is 219 Å². The van der Waals surface area contributed by atoms with Crippen molar-refractivity contribution in [2.75, 3.05) is 0 Å². The fourth-order valence-electron chi connectivity index (χ4n) is 4.49. The van der Waals surface area contributed by atoms with Gasteiger partial charge in [0.25, 0.3) is 0 Å². The van der Waals surface area contributed by atoms with Gasteiger partial charge in [0.05, 0.1) is 8.80 Å². The van der Waals surface area contributed by atoms with E-state index in [1.165, 1.54) is 56.3 Å². The summed E-state index contributed by atoms with van der Waals surface area (Å²) in [6, 6.07) is 26.3. The van der Waals surface area contributed by atoms with Crippen LogP contribution in [0.3, 0.4) is 0 Å². The fraction of sp³-hybridized carbons (Fsp3) is 0.276. The van der Waals surface area contributed by atoms with Crippen molar-refractivity contribution in [1.29, 1.82) is 0 Å². The Morgan fingerprint density at radius 2 is 1.67 bits per heavy atom. The molecule has 1 aliphatic carbocycles. The molecule has 1 unspecified atom stereocenters. The summed E-state index contributed by atoms with van der Waals surface area (Å²) >= 11 is -0.826. The number of hydrogen-bond acceptors (Lipinski definition) is 0. The first kappa shape index (κ1) is 26.6. The molecular weight excluding hydrogens is 539 g/mol. The number of halogens is 2. The topological polar surface area (TPSA) is 0 Å². The van der Waals surface area contributed by atoms with Crippen molar-refractivity contribution < 1.29 is 20.8 Å². The molecule has 4 aromatic carbocycles.